The van der Waals surface area contributed by atoms with Crippen LogP contribution >= 0.6 is 15.9 Å². The number of halogens is 2. The molecule has 0 saturated heterocycles. The van der Waals surface area contributed by atoms with Crippen molar-refractivity contribution in [1.29, 1.82) is 0 Å². The summed E-state index contributed by atoms with van der Waals surface area (Å²) in [4.78, 5) is 11.8. The maximum Gasteiger partial charge on any atom is 0.252 e. The summed E-state index contributed by atoms with van der Waals surface area (Å²) >= 11 is 3.06. The fourth-order valence-corrected chi connectivity index (χ4v) is 2.17. The van der Waals surface area contributed by atoms with E-state index in [-0.39, 0.29) is 22.5 Å². The van der Waals surface area contributed by atoms with E-state index in [0.717, 1.165) is 12.8 Å². The fourth-order valence-electron chi connectivity index (χ4n) is 1.72. The summed E-state index contributed by atoms with van der Waals surface area (Å²) in [6, 6.07) is 4.71. The van der Waals surface area contributed by atoms with Crippen LogP contribution in [-0.2, 0) is 0 Å². The molecule has 16 heavy (non-hydrogen) atoms. The molecular formula is C11H12BrFN2O. The van der Waals surface area contributed by atoms with Crippen molar-refractivity contribution in [1.82, 2.24) is 5.32 Å². The van der Waals surface area contributed by atoms with Crippen molar-refractivity contribution in [3.63, 3.8) is 0 Å². The Bertz CT molecular complexity index is 418. The van der Waals surface area contributed by atoms with Gasteiger partial charge in [0.25, 0.3) is 5.91 Å². The molecule has 0 heterocycles. The van der Waals surface area contributed by atoms with Crippen LogP contribution in [0.2, 0.25) is 0 Å². The molecule has 1 fully saturated rings. The lowest BCUT2D eigenvalue weighted by Gasteiger charge is -2.33. The predicted octanol–water partition coefficient (Wildman–Crippen LogP) is 1.81. The van der Waals surface area contributed by atoms with Gasteiger partial charge in [-0.3, -0.25) is 4.79 Å². The molecule has 3 N–H and O–H groups in total. The molecule has 0 atom stereocenters. The Morgan fingerprint density at radius 1 is 1.50 bits per heavy atom. The number of hydrogen-bond acceptors (Lipinski definition) is 2. The van der Waals surface area contributed by atoms with Crippen LogP contribution in [0.15, 0.2) is 22.7 Å². The number of amides is 1. The number of nitrogens with one attached hydrogen (secondary N) is 1. The van der Waals surface area contributed by atoms with Crippen LogP contribution in [0.25, 0.3) is 0 Å². The molecule has 1 amide bonds. The van der Waals surface area contributed by atoms with Crippen molar-refractivity contribution in [2.24, 2.45) is 5.73 Å². The third-order valence-corrected chi connectivity index (χ3v) is 3.51. The Morgan fingerprint density at radius 3 is 2.81 bits per heavy atom. The monoisotopic (exact) mass is 286 g/mol. The summed E-state index contributed by atoms with van der Waals surface area (Å²) in [7, 11) is 0. The first-order chi connectivity index (χ1) is 7.58. The van der Waals surface area contributed by atoms with Gasteiger partial charge >= 0.3 is 0 Å². The molecule has 2 rings (SSSR count). The smallest absolute Gasteiger partial charge is 0.252 e. The number of benzene rings is 1. The quantitative estimate of drug-likeness (QED) is 0.871. The van der Waals surface area contributed by atoms with E-state index >= 15 is 0 Å². The maximum absolute atomic E-state index is 13.2. The summed E-state index contributed by atoms with van der Waals surface area (Å²) in [6.45, 7) is 0. The molecule has 0 radical (unpaired) electrons. The van der Waals surface area contributed by atoms with Gasteiger partial charge in [0.1, 0.15) is 5.82 Å². The number of hydrogen-bond donors (Lipinski definition) is 2. The van der Waals surface area contributed by atoms with Gasteiger partial charge in [0.05, 0.1) is 10.0 Å². The lowest BCUT2D eigenvalue weighted by Crippen LogP contribution is -2.50. The topological polar surface area (TPSA) is 55.1 Å². The lowest BCUT2D eigenvalue weighted by molar-refractivity contribution is 0.0909. The molecule has 0 spiro atoms. The molecule has 1 aliphatic carbocycles. The number of rotatable bonds is 2. The standard InChI is InChI=1S/C11H12BrFN2O/c12-10-8(2-1-3-9(10)13)11(16)15-7-4-6(14)5-7/h1-3,6-7H,4-5,14H2,(H,15,16). The second-order valence-electron chi connectivity index (χ2n) is 4.00. The second-order valence-corrected chi connectivity index (χ2v) is 4.80. The van der Waals surface area contributed by atoms with Crippen molar-refractivity contribution >= 4 is 21.8 Å². The minimum Gasteiger partial charge on any atom is -0.349 e. The van der Waals surface area contributed by atoms with Gasteiger partial charge in [-0.05, 0) is 40.9 Å². The van der Waals surface area contributed by atoms with Crippen LogP contribution in [0.3, 0.4) is 0 Å². The van der Waals surface area contributed by atoms with E-state index in [1.165, 1.54) is 12.1 Å². The second kappa shape index (κ2) is 4.51. The summed E-state index contributed by atoms with van der Waals surface area (Å²) in [5, 5.41) is 2.82. The van der Waals surface area contributed by atoms with Gasteiger partial charge in [0.2, 0.25) is 0 Å². The zero-order valence-electron chi connectivity index (χ0n) is 8.54. The molecule has 0 bridgehead atoms. The Balaban J connectivity index is 2.06. The molecule has 3 nitrogen and oxygen atoms in total. The van der Waals surface area contributed by atoms with E-state index in [4.69, 9.17) is 5.73 Å². The van der Waals surface area contributed by atoms with Crippen molar-refractivity contribution in [2.45, 2.75) is 24.9 Å². The van der Waals surface area contributed by atoms with E-state index in [0.29, 0.717) is 5.56 Å². The van der Waals surface area contributed by atoms with Crippen molar-refractivity contribution in [2.75, 3.05) is 0 Å². The highest BCUT2D eigenvalue weighted by Gasteiger charge is 2.28. The molecule has 86 valence electrons. The van der Waals surface area contributed by atoms with E-state index < -0.39 is 5.82 Å². The molecule has 0 unspecified atom stereocenters. The van der Waals surface area contributed by atoms with Gasteiger partial charge < -0.3 is 11.1 Å². The number of carbonyl (C=O) groups excluding carboxylic acids is 1. The largest absolute Gasteiger partial charge is 0.349 e. The van der Waals surface area contributed by atoms with Crippen LogP contribution in [-0.4, -0.2) is 18.0 Å². The van der Waals surface area contributed by atoms with Crippen molar-refractivity contribution < 1.29 is 9.18 Å². The lowest BCUT2D eigenvalue weighted by atomic mass is 9.87. The zero-order valence-corrected chi connectivity index (χ0v) is 10.1. The van der Waals surface area contributed by atoms with Gasteiger partial charge in [-0.15, -0.1) is 0 Å². The Hall–Kier alpha value is -0.940. The SMILES string of the molecule is NC1CC(NC(=O)c2cccc(F)c2Br)C1. The normalized spacial score (nSPS) is 23.7. The summed E-state index contributed by atoms with van der Waals surface area (Å²) in [6.07, 6.45) is 1.58. The highest BCUT2D eigenvalue weighted by atomic mass is 79.9. The minimum atomic E-state index is -0.432. The third-order valence-electron chi connectivity index (χ3n) is 2.71. The summed E-state index contributed by atoms with van der Waals surface area (Å²) in [5.41, 5.74) is 5.94. The van der Waals surface area contributed by atoms with Crippen molar-refractivity contribution in [3.05, 3.63) is 34.1 Å². The molecule has 1 saturated carbocycles. The molecule has 0 aliphatic heterocycles. The van der Waals surface area contributed by atoms with Crippen LogP contribution in [0.4, 0.5) is 4.39 Å². The molecule has 0 aromatic heterocycles. The molecule has 1 aromatic rings. The minimum absolute atomic E-state index is 0.123. The first-order valence-electron chi connectivity index (χ1n) is 5.08. The first-order valence-corrected chi connectivity index (χ1v) is 5.87. The van der Waals surface area contributed by atoms with E-state index in [9.17, 15) is 9.18 Å². The van der Waals surface area contributed by atoms with Crippen LogP contribution in [0, 0.1) is 5.82 Å². The van der Waals surface area contributed by atoms with E-state index in [2.05, 4.69) is 21.2 Å². The predicted molar refractivity (Wildman–Crippen MR) is 62.6 cm³/mol. The molecule has 1 aromatic carbocycles. The maximum atomic E-state index is 13.2. The molecule has 1 aliphatic rings. The van der Waals surface area contributed by atoms with Crippen LogP contribution in [0.5, 0.6) is 0 Å². The third kappa shape index (κ3) is 2.25. The Morgan fingerprint density at radius 2 is 2.19 bits per heavy atom. The van der Waals surface area contributed by atoms with Crippen LogP contribution in [0.1, 0.15) is 23.2 Å². The Kier molecular flexibility index (Phi) is 3.25. The average molecular weight is 287 g/mol. The Labute approximate surface area is 101 Å². The fraction of sp³-hybridized carbons (Fsp3) is 0.364. The van der Waals surface area contributed by atoms with Gasteiger partial charge in [0.15, 0.2) is 0 Å². The first kappa shape index (κ1) is 11.5. The zero-order chi connectivity index (χ0) is 11.7. The number of nitrogens with two attached hydrogens (primary N) is 1. The van der Waals surface area contributed by atoms with Gasteiger partial charge in [0, 0.05) is 12.1 Å². The van der Waals surface area contributed by atoms with Crippen molar-refractivity contribution in [3.8, 4) is 0 Å². The summed E-state index contributed by atoms with van der Waals surface area (Å²) < 4.78 is 13.4. The highest BCUT2D eigenvalue weighted by molar-refractivity contribution is 9.10. The average Bonchev–Trinajstić information content (AvgIpc) is 2.19. The highest BCUT2D eigenvalue weighted by Crippen LogP contribution is 2.22. The molecular weight excluding hydrogens is 275 g/mol. The summed E-state index contributed by atoms with van der Waals surface area (Å²) in [5.74, 6) is -0.693. The number of carbonyl (C=O) groups is 1. The van der Waals surface area contributed by atoms with E-state index in [1.807, 2.05) is 0 Å². The van der Waals surface area contributed by atoms with E-state index in [1.54, 1.807) is 6.07 Å². The van der Waals surface area contributed by atoms with Crippen LogP contribution < -0.4 is 11.1 Å². The van der Waals surface area contributed by atoms with Gasteiger partial charge in [-0.25, -0.2) is 4.39 Å². The van der Waals surface area contributed by atoms with Gasteiger partial charge in [-0.1, -0.05) is 6.07 Å². The molecule has 5 heteroatoms. The van der Waals surface area contributed by atoms with Gasteiger partial charge in [-0.2, -0.15) is 0 Å².